The van der Waals surface area contributed by atoms with Gasteiger partial charge >= 0.3 is 0 Å². The molecule has 0 aromatic carbocycles. The van der Waals surface area contributed by atoms with Crippen LogP contribution in [0.1, 0.15) is 34.5 Å². The number of carbonyl (C=O) groups excluding carboxylic acids is 1. The molecule has 0 aliphatic carbocycles. The Labute approximate surface area is 102 Å². The summed E-state index contributed by atoms with van der Waals surface area (Å²) in [5, 5.41) is 0. The molecule has 86 valence electrons. The monoisotopic (exact) mass is 258 g/mol. The maximum atomic E-state index is 14.1. The number of carbonyl (C=O) groups is 1. The van der Waals surface area contributed by atoms with Crippen molar-refractivity contribution >= 4 is 28.5 Å². The van der Waals surface area contributed by atoms with E-state index < -0.39 is 0 Å². The van der Waals surface area contributed by atoms with Gasteiger partial charge in [-0.25, -0.2) is 0 Å². The number of aromatic nitrogens is 1. The third-order valence-corrected chi connectivity index (χ3v) is 4.39. The number of thiol groups is 1. The number of hydrogen-bond acceptors (Lipinski definition) is 3. The van der Waals surface area contributed by atoms with Crippen LogP contribution in [0.15, 0.2) is 0 Å². The van der Waals surface area contributed by atoms with E-state index in [-0.39, 0.29) is 17.4 Å². The molecule has 1 aromatic heterocycles. The van der Waals surface area contributed by atoms with E-state index in [1.165, 1.54) is 4.31 Å². The summed E-state index contributed by atoms with van der Waals surface area (Å²) in [6.07, 6.45) is 2.96. The molecule has 0 atom stereocenters. The number of hydrogen-bond donors (Lipinski definition) is 1. The maximum absolute atomic E-state index is 14.1. The minimum atomic E-state index is -0.348. The van der Waals surface area contributed by atoms with Crippen molar-refractivity contribution < 1.29 is 9.18 Å². The van der Waals surface area contributed by atoms with Crippen molar-refractivity contribution in [2.45, 2.75) is 32.4 Å². The van der Waals surface area contributed by atoms with Gasteiger partial charge in [0.2, 0.25) is 5.95 Å². The van der Waals surface area contributed by atoms with Gasteiger partial charge in [0.05, 0.1) is 6.54 Å². The highest BCUT2D eigenvalue weighted by molar-refractivity contribution is 8.67. The first-order chi connectivity index (χ1) is 7.74. The fourth-order valence-electron chi connectivity index (χ4n) is 2.56. The van der Waals surface area contributed by atoms with Crippen molar-refractivity contribution in [1.29, 1.82) is 0 Å². The largest absolute Gasteiger partial charge is 0.321 e. The molecule has 3 nitrogen and oxygen atoms in total. The molecular formula is C10H11FN2OS2. The van der Waals surface area contributed by atoms with Crippen LogP contribution in [-0.2, 0) is 19.5 Å². The lowest BCUT2D eigenvalue weighted by molar-refractivity contribution is 0.0885. The van der Waals surface area contributed by atoms with Crippen molar-refractivity contribution in [3.8, 4) is 0 Å². The fraction of sp³-hybridized carbons (Fsp3) is 0.500. The second-order valence-corrected chi connectivity index (χ2v) is 5.22. The summed E-state index contributed by atoms with van der Waals surface area (Å²) in [6, 6.07) is 0. The molecule has 6 heteroatoms. The smallest absolute Gasteiger partial charge is 0.269 e. The standard InChI is InChI=1S/C10H11FN2OS2/c11-9-8-6(5-13(16-15)10(8)14)7-3-1-2-4-12(7)9/h15H,1-5H2. The average Bonchev–Trinajstić information content (AvgIpc) is 2.78. The second-order valence-electron chi connectivity index (χ2n) is 4.12. The predicted molar refractivity (Wildman–Crippen MR) is 63.8 cm³/mol. The number of halogens is 1. The van der Waals surface area contributed by atoms with Crippen LogP contribution in [0.2, 0.25) is 0 Å². The third-order valence-electron chi connectivity index (χ3n) is 3.31. The Morgan fingerprint density at radius 2 is 2.19 bits per heavy atom. The molecule has 0 unspecified atom stereocenters. The van der Waals surface area contributed by atoms with Gasteiger partial charge in [0.15, 0.2) is 0 Å². The van der Waals surface area contributed by atoms with Crippen LogP contribution in [0.5, 0.6) is 0 Å². The van der Waals surface area contributed by atoms with Crippen LogP contribution in [0.4, 0.5) is 4.39 Å². The van der Waals surface area contributed by atoms with E-state index in [2.05, 4.69) is 11.7 Å². The molecule has 0 saturated carbocycles. The first kappa shape index (κ1) is 10.5. The van der Waals surface area contributed by atoms with Gasteiger partial charge in [0.1, 0.15) is 5.56 Å². The molecule has 0 radical (unpaired) electrons. The van der Waals surface area contributed by atoms with Crippen molar-refractivity contribution in [1.82, 2.24) is 8.87 Å². The number of fused-ring (bicyclic) bond motifs is 3. The summed E-state index contributed by atoms with van der Waals surface area (Å²) in [5.41, 5.74) is 2.17. The van der Waals surface area contributed by atoms with E-state index in [4.69, 9.17) is 0 Å². The van der Waals surface area contributed by atoms with Crippen molar-refractivity contribution in [2.24, 2.45) is 0 Å². The third kappa shape index (κ3) is 1.26. The summed E-state index contributed by atoms with van der Waals surface area (Å²) in [6.45, 7) is 1.19. The van der Waals surface area contributed by atoms with E-state index >= 15 is 0 Å². The molecule has 0 fully saturated rings. The maximum Gasteiger partial charge on any atom is 0.269 e. The molecule has 3 heterocycles. The molecule has 0 bridgehead atoms. The Kier molecular flexibility index (Phi) is 2.43. The van der Waals surface area contributed by atoms with Gasteiger partial charge in [-0.1, -0.05) is 11.7 Å². The average molecular weight is 258 g/mol. The Balaban J connectivity index is 2.14. The SMILES string of the molecule is O=C1c2c(c3n(c2F)CCCC3)CN1SS. The van der Waals surface area contributed by atoms with Crippen LogP contribution < -0.4 is 0 Å². The van der Waals surface area contributed by atoms with Crippen molar-refractivity contribution in [3.63, 3.8) is 0 Å². The minimum absolute atomic E-state index is 0.241. The lowest BCUT2D eigenvalue weighted by Gasteiger charge is -2.18. The van der Waals surface area contributed by atoms with Crippen LogP contribution in [0, 0.1) is 5.95 Å². The van der Waals surface area contributed by atoms with Gasteiger partial charge in [-0.2, -0.15) is 4.39 Å². The first-order valence-corrected chi connectivity index (χ1v) is 7.09. The molecule has 0 spiro atoms. The summed E-state index contributed by atoms with van der Waals surface area (Å²) in [5.74, 6) is -0.589. The first-order valence-electron chi connectivity index (χ1n) is 5.27. The Bertz CT molecular complexity index is 472. The molecular weight excluding hydrogens is 247 g/mol. The number of amides is 1. The lowest BCUT2D eigenvalue weighted by atomic mass is 10.1. The fourth-order valence-corrected chi connectivity index (χ4v) is 3.31. The van der Waals surface area contributed by atoms with E-state index in [0.29, 0.717) is 13.1 Å². The van der Waals surface area contributed by atoms with Crippen LogP contribution in [0.3, 0.4) is 0 Å². The predicted octanol–water partition coefficient (Wildman–Crippen LogP) is 2.41. The zero-order valence-electron chi connectivity index (χ0n) is 8.57. The molecule has 0 saturated heterocycles. The normalized spacial score (nSPS) is 18.9. The highest BCUT2D eigenvalue weighted by Gasteiger charge is 2.37. The van der Waals surface area contributed by atoms with E-state index in [9.17, 15) is 9.18 Å². The van der Waals surface area contributed by atoms with E-state index in [0.717, 1.165) is 41.5 Å². The summed E-state index contributed by atoms with van der Waals surface area (Å²) >= 11 is 4.01. The molecule has 0 N–H and O–H groups in total. The topological polar surface area (TPSA) is 25.2 Å². The molecule has 3 rings (SSSR count). The van der Waals surface area contributed by atoms with Gasteiger partial charge in [0, 0.05) is 28.8 Å². The zero-order chi connectivity index (χ0) is 11.3. The van der Waals surface area contributed by atoms with E-state index in [1.54, 1.807) is 4.57 Å². The minimum Gasteiger partial charge on any atom is -0.321 e. The summed E-state index contributed by atoms with van der Waals surface area (Å²) < 4.78 is 17.2. The van der Waals surface area contributed by atoms with Crippen LogP contribution >= 0.6 is 22.6 Å². The molecule has 1 aromatic rings. The number of rotatable bonds is 1. The molecule has 16 heavy (non-hydrogen) atoms. The highest BCUT2D eigenvalue weighted by atomic mass is 33.1. The quantitative estimate of drug-likeness (QED) is 0.475. The lowest BCUT2D eigenvalue weighted by Crippen LogP contribution is -2.19. The van der Waals surface area contributed by atoms with Gasteiger partial charge in [-0.15, -0.1) is 0 Å². The highest BCUT2D eigenvalue weighted by Crippen LogP contribution is 2.37. The zero-order valence-corrected chi connectivity index (χ0v) is 10.3. The Morgan fingerprint density at radius 1 is 1.38 bits per heavy atom. The summed E-state index contributed by atoms with van der Waals surface area (Å²) in [4.78, 5) is 11.9. The van der Waals surface area contributed by atoms with Crippen LogP contribution in [-0.4, -0.2) is 14.8 Å². The molecule has 2 aliphatic heterocycles. The Morgan fingerprint density at radius 3 is 2.94 bits per heavy atom. The summed E-state index contributed by atoms with van der Waals surface area (Å²) in [7, 11) is 1.06. The van der Waals surface area contributed by atoms with Gasteiger partial charge in [-0.05, 0) is 19.3 Å². The van der Waals surface area contributed by atoms with Crippen molar-refractivity contribution in [3.05, 3.63) is 22.8 Å². The number of nitrogens with zero attached hydrogens (tertiary/aromatic N) is 2. The van der Waals surface area contributed by atoms with Crippen LogP contribution in [0.25, 0.3) is 0 Å². The van der Waals surface area contributed by atoms with Gasteiger partial charge in [-0.3, -0.25) is 9.10 Å². The molecule has 1 amide bonds. The van der Waals surface area contributed by atoms with Crippen molar-refractivity contribution in [2.75, 3.05) is 0 Å². The van der Waals surface area contributed by atoms with E-state index in [1.807, 2.05) is 0 Å². The van der Waals surface area contributed by atoms with Gasteiger partial charge < -0.3 is 4.57 Å². The second kappa shape index (κ2) is 3.70. The Hall–Kier alpha value is -0.620. The van der Waals surface area contributed by atoms with Gasteiger partial charge in [0.25, 0.3) is 5.91 Å². The molecule has 2 aliphatic rings.